The van der Waals surface area contributed by atoms with E-state index in [2.05, 4.69) is 5.10 Å². The SMILES string of the molecule is CCn1c(=O)c2c(N)nn(C)c2c2sccc21. The lowest BCUT2D eigenvalue weighted by Crippen LogP contribution is -2.19. The summed E-state index contributed by atoms with van der Waals surface area (Å²) >= 11 is 1.61. The second-order valence-corrected chi connectivity index (χ2v) is 4.83. The molecule has 0 aliphatic carbocycles. The highest BCUT2D eigenvalue weighted by molar-refractivity contribution is 7.18. The number of aryl methyl sites for hydroxylation is 2. The first kappa shape index (κ1) is 10.3. The lowest BCUT2D eigenvalue weighted by Gasteiger charge is -2.05. The maximum absolute atomic E-state index is 12.3. The number of hydrogen-bond acceptors (Lipinski definition) is 4. The van der Waals surface area contributed by atoms with Gasteiger partial charge in [0.25, 0.3) is 5.56 Å². The van der Waals surface area contributed by atoms with Crippen LogP contribution < -0.4 is 11.3 Å². The number of anilines is 1. The normalized spacial score (nSPS) is 11.6. The summed E-state index contributed by atoms with van der Waals surface area (Å²) in [6.45, 7) is 2.59. The van der Waals surface area contributed by atoms with E-state index >= 15 is 0 Å². The lowest BCUT2D eigenvalue weighted by molar-refractivity contribution is 0.766. The van der Waals surface area contributed by atoms with Crippen LogP contribution in [0.5, 0.6) is 0 Å². The van der Waals surface area contributed by atoms with Crippen molar-refractivity contribution < 1.29 is 0 Å². The zero-order chi connectivity index (χ0) is 12.2. The molecule has 17 heavy (non-hydrogen) atoms. The van der Waals surface area contributed by atoms with Crippen molar-refractivity contribution >= 4 is 38.3 Å². The van der Waals surface area contributed by atoms with Crippen molar-refractivity contribution in [3.05, 3.63) is 21.8 Å². The van der Waals surface area contributed by atoms with Gasteiger partial charge < -0.3 is 10.3 Å². The standard InChI is InChI=1S/C11H12N4OS/c1-3-15-6-4-5-17-9(6)8-7(11(15)16)10(12)13-14(8)2/h4-5H,3H2,1-2H3,(H2,12,13). The summed E-state index contributed by atoms with van der Waals surface area (Å²) in [5, 5.41) is 6.66. The Balaban J connectivity index is 2.73. The number of aromatic nitrogens is 3. The van der Waals surface area contributed by atoms with Crippen molar-refractivity contribution in [2.45, 2.75) is 13.5 Å². The Morgan fingerprint density at radius 3 is 3.00 bits per heavy atom. The smallest absolute Gasteiger partial charge is 0.264 e. The average Bonchev–Trinajstić information content (AvgIpc) is 2.84. The second-order valence-electron chi connectivity index (χ2n) is 3.92. The highest BCUT2D eigenvalue weighted by Gasteiger charge is 2.17. The topological polar surface area (TPSA) is 65.8 Å². The third-order valence-electron chi connectivity index (χ3n) is 3.00. The molecule has 0 saturated carbocycles. The molecular formula is C11H12N4OS. The van der Waals surface area contributed by atoms with Crippen molar-refractivity contribution in [2.24, 2.45) is 7.05 Å². The van der Waals surface area contributed by atoms with Gasteiger partial charge in [-0.1, -0.05) is 0 Å². The molecule has 0 aliphatic rings. The molecule has 6 heteroatoms. The van der Waals surface area contributed by atoms with Crippen LogP contribution in [0.2, 0.25) is 0 Å². The van der Waals surface area contributed by atoms with Gasteiger partial charge in [0.2, 0.25) is 0 Å². The van der Waals surface area contributed by atoms with E-state index in [1.807, 2.05) is 25.4 Å². The van der Waals surface area contributed by atoms with E-state index in [9.17, 15) is 4.79 Å². The van der Waals surface area contributed by atoms with Gasteiger partial charge in [-0.3, -0.25) is 9.48 Å². The van der Waals surface area contributed by atoms with E-state index in [0.29, 0.717) is 17.7 Å². The molecule has 0 bridgehead atoms. The Labute approximate surface area is 101 Å². The first-order chi connectivity index (χ1) is 8.15. The number of pyridine rings is 1. The van der Waals surface area contributed by atoms with E-state index in [4.69, 9.17) is 5.73 Å². The van der Waals surface area contributed by atoms with Crippen LogP contribution in [0.25, 0.3) is 21.1 Å². The molecule has 0 atom stereocenters. The number of nitrogens with zero attached hydrogens (tertiary/aromatic N) is 3. The van der Waals surface area contributed by atoms with Crippen LogP contribution in [0.1, 0.15) is 6.92 Å². The Bertz CT molecular complexity index is 780. The van der Waals surface area contributed by atoms with Crippen molar-refractivity contribution in [3.8, 4) is 0 Å². The minimum atomic E-state index is -0.0565. The summed E-state index contributed by atoms with van der Waals surface area (Å²) in [5.41, 5.74) is 7.56. The zero-order valence-electron chi connectivity index (χ0n) is 9.60. The first-order valence-corrected chi connectivity index (χ1v) is 6.25. The maximum Gasteiger partial charge on any atom is 0.264 e. The van der Waals surface area contributed by atoms with Gasteiger partial charge in [0.1, 0.15) is 5.39 Å². The summed E-state index contributed by atoms with van der Waals surface area (Å²) < 4.78 is 4.49. The van der Waals surface area contributed by atoms with E-state index in [1.165, 1.54) is 0 Å². The molecule has 88 valence electrons. The molecule has 5 nitrogen and oxygen atoms in total. The number of thiophene rings is 1. The number of nitrogens with two attached hydrogens (primary N) is 1. The molecular weight excluding hydrogens is 236 g/mol. The fraction of sp³-hybridized carbons (Fsp3) is 0.273. The Hall–Kier alpha value is -1.82. The highest BCUT2D eigenvalue weighted by Crippen LogP contribution is 2.29. The van der Waals surface area contributed by atoms with E-state index in [0.717, 1.165) is 15.7 Å². The Kier molecular flexibility index (Phi) is 2.03. The van der Waals surface area contributed by atoms with E-state index in [-0.39, 0.29) is 5.56 Å². The Morgan fingerprint density at radius 2 is 2.29 bits per heavy atom. The van der Waals surface area contributed by atoms with Gasteiger partial charge in [-0.25, -0.2) is 0 Å². The van der Waals surface area contributed by atoms with Crippen LogP contribution in [-0.4, -0.2) is 14.3 Å². The third-order valence-corrected chi connectivity index (χ3v) is 3.91. The molecule has 3 heterocycles. The fourth-order valence-corrected chi connectivity index (χ4v) is 3.24. The van der Waals surface area contributed by atoms with Gasteiger partial charge >= 0.3 is 0 Å². The van der Waals surface area contributed by atoms with Gasteiger partial charge in [0.15, 0.2) is 5.82 Å². The van der Waals surface area contributed by atoms with Gasteiger partial charge in [-0.2, -0.15) is 5.10 Å². The average molecular weight is 248 g/mol. The summed E-state index contributed by atoms with van der Waals surface area (Å²) in [4.78, 5) is 12.3. The van der Waals surface area contributed by atoms with Crippen molar-refractivity contribution in [1.82, 2.24) is 14.3 Å². The summed E-state index contributed by atoms with van der Waals surface area (Å²) in [5.74, 6) is 0.310. The van der Waals surface area contributed by atoms with Gasteiger partial charge in [0, 0.05) is 13.6 Å². The van der Waals surface area contributed by atoms with E-state index in [1.54, 1.807) is 20.6 Å². The number of rotatable bonds is 1. The predicted molar refractivity (Wildman–Crippen MR) is 70.4 cm³/mol. The molecule has 0 aromatic carbocycles. The summed E-state index contributed by atoms with van der Waals surface area (Å²) in [6.07, 6.45) is 0. The fourth-order valence-electron chi connectivity index (χ4n) is 2.27. The number of fused-ring (bicyclic) bond motifs is 3. The Morgan fingerprint density at radius 1 is 1.53 bits per heavy atom. The molecule has 0 unspecified atom stereocenters. The first-order valence-electron chi connectivity index (χ1n) is 5.37. The second kappa shape index (κ2) is 3.33. The van der Waals surface area contributed by atoms with E-state index < -0.39 is 0 Å². The monoisotopic (exact) mass is 248 g/mol. The third kappa shape index (κ3) is 1.18. The van der Waals surface area contributed by atoms with Crippen LogP contribution in [0, 0.1) is 0 Å². The summed E-state index contributed by atoms with van der Waals surface area (Å²) in [6, 6.07) is 1.97. The lowest BCUT2D eigenvalue weighted by atomic mass is 10.2. The number of nitrogen functional groups attached to an aromatic ring is 1. The largest absolute Gasteiger partial charge is 0.382 e. The molecule has 3 aromatic rings. The minimum absolute atomic E-state index is 0.0565. The molecule has 3 aromatic heterocycles. The van der Waals surface area contributed by atoms with Crippen molar-refractivity contribution in [2.75, 3.05) is 5.73 Å². The molecule has 0 saturated heterocycles. The van der Waals surface area contributed by atoms with Crippen molar-refractivity contribution in [3.63, 3.8) is 0 Å². The van der Waals surface area contributed by atoms with Crippen LogP contribution in [0.3, 0.4) is 0 Å². The minimum Gasteiger partial charge on any atom is -0.382 e. The molecule has 0 aliphatic heterocycles. The summed E-state index contributed by atoms with van der Waals surface area (Å²) in [7, 11) is 1.81. The quantitative estimate of drug-likeness (QED) is 0.710. The predicted octanol–water partition coefficient (Wildman–Crippen LogP) is 1.55. The van der Waals surface area contributed by atoms with Gasteiger partial charge in [0.05, 0.1) is 15.7 Å². The van der Waals surface area contributed by atoms with Crippen LogP contribution in [-0.2, 0) is 13.6 Å². The van der Waals surface area contributed by atoms with Crippen LogP contribution in [0.15, 0.2) is 16.2 Å². The molecule has 0 spiro atoms. The highest BCUT2D eigenvalue weighted by atomic mass is 32.1. The number of hydrogen-bond donors (Lipinski definition) is 1. The van der Waals surface area contributed by atoms with Crippen LogP contribution >= 0.6 is 11.3 Å². The van der Waals surface area contributed by atoms with Crippen LogP contribution in [0.4, 0.5) is 5.82 Å². The molecule has 3 rings (SSSR count). The molecule has 0 radical (unpaired) electrons. The molecule has 2 N–H and O–H groups in total. The maximum atomic E-state index is 12.3. The molecule has 0 amide bonds. The molecule has 0 fully saturated rings. The van der Waals surface area contributed by atoms with Crippen molar-refractivity contribution in [1.29, 1.82) is 0 Å². The van der Waals surface area contributed by atoms with Gasteiger partial charge in [-0.15, -0.1) is 11.3 Å². The van der Waals surface area contributed by atoms with Gasteiger partial charge in [-0.05, 0) is 18.4 Å². The zero-order valence-corrected chi connectivity index (χ0v) is 10.4.